The summed E-state index contributed by atoms with van der Waals surface area (Å²) in [6.45, 7) is -0.489. The van der Waals surface area contributed by atoms with Crippen LogP contribution in [0.3, 0.4) is 0 Å². The van der Waals surface area contributed by atoms with Crippen molar-refractivity contribution in [2.75, 3.05) is 4.72 Å². The average molecular weight is 317 g/mol. The normalized spacial score (nSPS) is 11.4. The van der Waals surface area contributed by atoms with E-state index in [-0.39, 0.29) is 5.56 Å². The Hall–Kier alpha value is -2.06. The van der Waals surface area contributed by atoms with Crippen LogP contribution in [-0.4, -0.2) is 13.5 Å². The van der Waals surface area contributed by atoms with E-state index >= 15 is 0 Å². The zero-order chi connectivity index (χ0) is 15.6. The number of benzene rings is 2. The van der Waals surface area contributed by atoms with Crippen LogP contribution < -0.4 is 4.72 Å². The number of anilines is 1. The van der Waals surface area contributed by atoms with E-state index in [0.29, 0.717) is 6.07 Å². The molecule has 0 bridgehead atoms. The highest BCUT2D eigenvalue weighted by molar-refractivity contribution is 7.92. The van der Waals surface area contributed by atoms with E-state index in [9.17, 15) is 21.6 Å². The first-order valence-electron chi connectivity index (χ1n) is 5.70. The number of aliphatic hydroxyl groups is 1. The fourth-order valence-corrected chi connectivity index (χ4v) is 2.81. The zero-order valence-corrected chi connectivity index (χ0v) is 11.3. The first-order chi connectivity index (χ1) is 9.83. The summed E-state index contributed by atoms with van der Waals surface area (Å²) >= 11 is 0. The van der Waals surface area contributed by atoms with Crippen molar-refractivity contribution < 1.29 is 26.7 Å². The third kappa shape index (κ3) is 3.34. The second-order valence-corrected chi connectivity index (χ2v) is 5.80. The van der Waals surface area contributed by atoms with Gasteiger partial charge in [0.05, 0.1) is 12.3 Å². The zero-order valence-electron chi connectivity index (χ0n) is 10.5. The van der Waals surface area contributed by atoms with E-state index in [4.69, 9.17) is 5.11 Å². The van der Waals surface area contributed by atoms with Gasteiger partial charge >= 0.3 is 0 Å². The third-order valence-corrected chi connectivity index (χ3v) is 4.02. The second kappa shape index (κ2) is 5.74. The predicted molar refractivity (Wildman–Crippen MR) is 69.5 cm³/mol. The van der Waals surface area contributed by atoms with E-state index in [1.165, 1.54) is 6.07 Å². The molecule has 0 saturated carbocycles. The summed E-state index contributed by atoms with van der Waals surface area (Å²) in [5.74, 6) is -2.92. The predicted octanol–water partition coefficient (Wildman–Crippen LogP) is 2.40. The van der Waals surface area contributed by atoms with Gasteiger partial charge in [0.2, 0.25) is 0 Å². The number of rotatable bonds is 4. The molecule has 2 aromatic rings. The van der Waals surface area contributed by atoms with Crippen LogP contribution in [0.4, 0.5) is 18.9 Å². The van der Waals surface area contributed by atoms with Gasteiger partial charge in [-0.25, -0.2) is 21.6 Å². The van der Waals surface area contributed by atoms with Crippen LogP contribution in [0.15, 0.2) is 41.3 Å². The number of halogens is 3. The lowest BCUT2D eigenvalue weighted by atomic mass is 10.2. The van der Waals surface area contributed by atoms with Crippen molar-refractivity contribution in [3.63, 3.8) is 0 Å². The van der Waals surface area contributed by atoms with Gasteiger partial charge < -0.3 is 5.11 Å². The van der Waals surface area contributed by atoms with Gasteiger partial charge in [-0.2, -0.15) is 0 Å². The Kier molecular flexibility index (Phi) is 4.19. The molecule has 0 aliphatic carbocycles. The summed E-state index contributed by atoms with van der Waals surface area (Å²) < 4.78 is 65.9. The Labute approximate surface area is 118 Å². The summed E-state index contributed by atoms with van der Waals surface area (Å²) in [6, 6.07) is 5.18. The summed E-state index contributed by atoms with van der Waals surface area (Å²) in [6.07, 6.45) is 0. The fourth-order valence-electron chi connectivity index (χ4n) is 1.63. The standard InChI is InChI=1S/C13H10F3NO3S/c14-9-2-4-10(15)12(6-9)17-21(19,20)13-5-8(7-18)1-3-11(13)16/h1-6,17-18H,7H2. The molecule has 8 heteroatoms. The summed E-state index contributed by atoms with van der Waals surface area (Å²) in [5.41, 5.74) is -0.472. The van der Waals surface area contributed by atoms with Gasteiger partial charge in [0.1, 0.15) is 22.3 Å². The van der Waals surface area contributed by atoms with Crippen LogP contribution >= 0.6 is 0 Å². The van der Waals surface area contributed by atoms with Crippen molar-refractivity contribution in [1.29, 1.82) is 0 Å². The Bertz CT molecular complexity index is 778. The maximum absolute atomic E-state index is 13.6. The Morgan fingerprint density at radius 1 is 1.00 bits per heavy atom. The molecule has 0 atom stereocenters. The van der Waals surface area contributed by atoms with Crippen molar-refractivity contribution in [2.24, 2.45) is 0 Å². The maximum atomic E-state index is 13.6. The van der Waals surface area contributed by atoms with Gasteiger partial charge in [0, 0.05) is 6.07 Å². The van der Waals surface area contributed by atoms with E-state index in [0.717, 1.165) is 24.3 Å². The summed E-state index contributed by atoms with van der Waals surface area (Å²) in [5, 5.41) is 8.94. The van der Waals surface area contributed by atoms with E-state index in [2.05, 4.69) is 0 Å². The third-order valence-electron chi connectivity index (χ3n) is 2.64. The van der Waals surface area contributed by atoms with E-state index < -0.39 is 44.7 Å². The lowest BCUT2D eigenvalue weighted by Crippen LogP contribution is -2.16. The molecule has 112 valence electrons. The minimum Gasteiger partial charge on any atom is -0.392 e. The first-order valence-corrected chi connectivity index (χ1v) is 7.19. The maximum Gasteiger partial charge on any atom is 0.264 e. The van der Waals surface area contributed by atoms with Crippen LogP contribution in [0, 0.1) is 17.5 Å². The van der Waals surface area contributed by atoms with Crippen LogP contribution in [0.1, 0.15) is 5.56 Å². The van der Waals surface area contributed by atoms with Crippen molar-refractivity contribution in [3.8, 4) is 0 Å². The smallest absolute Gasteiger partial charge is 0.264 e. The molecule has 0 spiro atoms. The van der Waals surface area contributed by atoms with Crippen LogP contribution in [0.5, 0.6) is 0 Å². The molecule has 2 rings (SSSR count). The molecule has 0 heterocycles. The van der Waals surface area contributed by atoms with Gasteiger partial charge in [-0.3, -0.25) is 4.72 Å². The molecule has 0 amide bonds. The number of aliphatic hydroxyl groups excluding tert-OH is 1. The van der Waals surface area contributed by atoms with Crippen molar-refractivity contribution in [2.45, 2.75) is 11.5 Å². The summed E-state index contributed by atoms with van der Waals surface area (Å²) in [7, 11) is -4.46. The number of hydrogen-bond donors (Lipinski definition) is 2. The molecule has 2 N–H and O–H groups in total. The highest BCUT2D eigenvalue weighted by Gasteiger charge is 2.21. The first kappa shape index (κ1) is 15.3. The number of hydrogen-bond acceptors (Lipinski definition) is 3. The molecule has 2 aromatic carbocycles. The van der Waals surface area contributed by atoms with Gasteiger partial charge in [0.15, 0.2) is 0 Å². The number of nitrogens with one attached hydrogen (secondary N) is 1. The van der Waals surface area contributed by atoms with Gasteiger partial charge in [-0.15, -0.1) is 0 Å². The monoisotopic (exact) mass is 317 g/mol. The van der Waals surface area contributed by atoms with Gasteiger partial charge in [0.25, 0.3) is 10.0 Å². The van der Waals surface area contributed by atoms with Crippen LogP contribution in [-0.2, 0) is 16.6 Å². The minimum absolute atomic E-state index is 0.163. The van der Waals surface area contributed by atoms with Crippen molar-refractivity contribution >= 4 is 15.7 Å². The molecule has 21 heavy (non-hydrogen) atoms. The Balaban J connectivity index is 2.45. The lowest BCUT2D eigenvalue weighted by molar-refractivity contribution is 0.281. The molecule has 0 unspecified atom stereocenters. The molecule has 0 radical (unpaired) electrons. The fraction of sp³-hybridized carbons (Fsp3) is 0.0769. The SMILES string of the molecule is O=S(=O)(Nc1cc(F)ccc1F)c1cc(CO)ccc1F. The molecule has 0 fully saturated rings. The second-order valence-electron chi connectivity index (χ2n) is 4.15. The molecule has 0 aromatic heterocycles. The quantitative estimate of drug-likeness (QED) is 0.910. The van der Waals surface area contributed by atoms with Gasteiger partial charge in [-0.1, -0.05) is 6.07 Å². The van der Waals surface area contributed by atoms with E-state index in [1.54, 1.807) is 4.72 Å². The number of sulfonamides is 1. The van der Waals surface area contributed by atoms with Crippen molar-refractivity contribution in [3.05, 3.63) is 59.4 Å². The highest BCUT2D eigenvalue weighted by atomic mass is 32.2. The Morgan fingerprint density at radius 3 is 2.33 bits per heavy atom. The van der Waals surface area contributed by atoms with E-state index in [1.807, 2.05) is 0 Å². The van der Waals surface area contributed by atoms with Gasteiger partial charge in [-0.05, 0) is 29.8 Å². The molecule has 4 nitrogen and oxygen atoms in total. The Morgan fingerprint density at radius 2 is 1.67 bits per heavy atom. The molecule has 0 aliphatic heterocycles. The summed E-state index contributed by atoms with van der Waals surface area (Å²) in [4.78, 5) is -0.766. The molecular weight excluding hydrogens is 307 g/mol. The lowest BCUT2D eigenvalue weighted by Gasteiger charge is -2.10. The molecule has 0 aliphatic rings. The van der Waals surface area contributed by atoms with Crippen molar-refractivity contribution in [1.82, 2.24) is 0 Å². The largest absolute Gasteiger partial charge is 0.392 e. The van der Waals surface area contributed by atoms with Crippen LogP contribution in [0.25, 0.3) is 0 Å². The van der Waals surface area contributed by atoms with Crippen LogP contribution in [0.2, 0.25) is 0 Å². The highest BCUT2D eigenvalue weighted by Crippen LogP contribution is 2.22. The molecular formula is C13H10F3NO3S. The average Bonchev–Trinajstić information content (AvgIpc) is 2.43. The topological polar surface area (TPSA) is 66.4 Å². The molecule has 0 saturated heterocycles. The minimum atomic E-state index is -4.46.